The van der Waals surface area contributed by atoms with Crippen molar-refractivity contribution in [1.29, 1.82) is 0 Å². The molecule has 24 heavy (non-hydrogen) atoms. The van der Waals surface area contributed by atoms with Gasteiger partial charge in [-0.1, -0.05) is 18.2 Å². The van der Waals surface area contributed by atoms with Gasteiger partial charge in [-0.3, -0.25) is 5.01 Å². The molecule has 1 aromatic heterocycles. The Bertz CT molecular complexity index is 787. The second kappa shape index (κ2) is 8.02. The number of hydrogen-bond donors (Lipinski definition) is 0. The van der Waals surface area contributed by atoms with E-state index in [0.29, 0.717) is 19.4 Å². The fraction of sp³-hybridized carbons (Fsp3) is 0.400. The molecule has 0 bridgehead atoms. The lowest BCUT2D eigenvalue weighted by molar-refractivity contribution is -0.752. The average Bonchev–Trinajstić information content (AvgIpc) is 2.89. The predicted octanol–water partition coefficient (Wildman–Crippen LogP) is 0.503. The molecule has 1 aromatic carbocycles. The summed E-state index contributed by atoms with van der Waals surface area (Å²) in [7, 11) is -0.444. The smallest absolute Gasteiger partial charge is 0.323 e. The molecule has 2 aromatic rings. The molecule has 0 aliphatic rings. The van der Waals surface area contributed by atoms with Crippen molar-refractivity contribution in [3.8, 4) is 0 Å². The zero-order valence-corrected chi connectivity index (χ0v) is 14.6. The minimum Gasteiger partial charge on any atom is -0.748 e. The normalized spacial score (nSPS) is 12.0. The molecule has 0 aliphatic carbocycles. The molecule has 0 radical (unpaired) electrons. The van der Waals surface area contributed by atoms with Gasteiger partial charge in [0.2, 0.25) is 6.33 Å². The van der Waals surface area contributed by atoms with Crippen LogP contribution in [0, 0.1) is 0 Å². The van der Waals surface area contributed by atoms with Crippen molar-refractivity contribution in [3.05, 3.63) is 42.5 Å². The molecule has 0 unspecified atom stereocenters. The molecule has 0 aliphatic heterocycles. The second-order valence-corrected chi connectivity index (χ2v) is 6.92. The van der Waals surface area contributed by atoms with E-state index in [2.05, 4.69) is 10.2 Å². The van der Waals surface area contributed by atoms with Gasteiger partial charge in [0.15, 0.2) is 0 Å². The van der Waals surface area contributed by atoms with Crippen LogP contribution in [0.25, 0.3) is 0 Å². The van der Waals surface area contributed by atoms with Gasteiger partial charge in [-0.2, -0.15) is 5.10 Å². The summed E-state index contributed by atoms with van der Waals surface area (Å²) in [6, 6.07) is 9.74. The maximum Gasteiger partial charge on any atom is 0.323 e. The molecule has 0 atom stereocenters. The number of hydrazone groups is 1. The van der Waals surface area contributed by atoms with Crippen molar-refractivity contribution in [1.82, 2.24) is 9.67 Å². The summed E-state index contributed by atoms with van der Waals surface area (Å²) in [5, 5.41) is 10.4. The highest BCUT2D eigenvalue weighted by atomic mass is 32.2. The quantitative estimate of drug-likeness (QED) is 0.227. The van der Waals surface area contributed by atoms with Gasteiger partial charge in [-0.15, -0.1) is 4.68 Å². The van der Waals surface area contributed by atoms with E-state index >= 15 is 0 Å². The summed E-state index contributed by atoms with van der Waals surface area (Å²) in [6.07, 6.45) is 4.23. The number of anilines is 1. The lowest BCUT2D eigenvalue weighted by Crippen LogP contribution is -2.40. The Balaban J connectivity index is 2.00. The molecule has 2 rings (SSSR count). The Morgan fingerprint density at radius 2 is 2.04 bits per heavy atom. The van der Waals surface area contributed by atoms with Gasteiger partial charge >= 0.3 is 5.82 Å². The maximum absolute atomic E-state index is 10.6. The minimum atomic E-state index is -4.15. The summed E-state index contributed by atoms with van der Waals surface area (Å²) in [6.45, 7) is 0.521. The highest BCUT2D eigenvalue weighted by Crippen LogP contribution is 2.10. The third-order valence-corrected chi connectivity index (χ3v) is 4.27. The van der Waals surface area contributed by atoms with Gasteiger partial charge in [0.25, 0.3) is 0 Å². The Hall–Kier alpha value is -2.26. The monoisotopic (exact) mass is 351 g/mol. The second-order valence-electron chi connectivity index (χ2n) is 5.40. The van der Waals surface area contributed by atoms with E-state index in [0.717, 1.165) is 11.5 Å². The minimum absolute atomic E-state index is 0.315. The van der Waals surface area contributed by atoms with Crippen molar-refractivity contribution in [2.24, 2.45) is 12.1 Å². The topological polar surface area (TPSA) is 94.5 Å². The van der Waals surface area contributed by atoms with Crippen LogP contribution >= 0.6 is 0 Å². The van der Waals surface area contributed by atoms with Gasteiger partial charge in [-0.05, 0) is 30.1 Å². The number of aryl methyl sites for hydroxylation is 2. The van der Waals surface area contributed by atoms with E-state index in [4.69, 9.17) is 0 Å². The first-order chi connectivity index (χ1) is 11.4. The van der Waals surface area contributed by atoms with Crippen LogP contribution in [0.2, 0.25) is 0 Å². The zero-order valence-electron chi connectivity index (χ0n) is 13.7. The summed E-state index contributed by atoms with van der Waals surface area (Å²) in [5.41, 5.74) is 0.961. The number of benzene rings is 1. The van der Waals surface area contributed by atoms with Crippen LogP contribution in [0.15, 0.2) is 41.8 Å². The molecule has 0 N–H and O–H groups in total. The lowest BCUT2D eigenvalue weighted by atomic mass is 10.3. The van der Waals surface area contributed by atoms with Crippen molar-refractivity contribution < 1.29 is 17.7 Å². The molecule has 0 saturated carbocycles. The first kappa shape index (κ1) is 18.1. The van der Waals surface area contributed by atoms with Gasteiger partial charge < -0.3 is 4.55 Å². The van der Waals surface area contributed by atoms with Crippen molar-refractivity contribution >= 4 is 22.0 Å². The van der Waals surface area contributed by atoms with Crippen LogP contribution in [0.4, 0.5) is 5.69 Å². The Kier molecular flexibility index (Phi) is 6.04. The van der Waals surface area contributed by atoms with E-state index < -0.39 is 10.1 Å². The molecular weight excluding hydrogens is 330 g/mol. The molecule has 8 nitrogen and oxygen atoms in total. The molecule has 0 fully saturated rings. The lowest BCUT2D eigenvalue weighted by Gasteiger charge is -2.11. The fourth-order valence-corrected chi connectivity index (χ4v) is 2.72. The third-order valence-electron chi connectivity index (χ3n) is 3.48. The third kappa shape index (κ3) is 5.43. The van der Waals surface area contributed by atoms with Crippen LogP contribution in [0.3, 0.4) is 0 Å². The van der Waals surface area contributed by atoms with Gasteiger partial charge in [-0.25, -0.2) is 13.0 Å². The number of unbranched alkanes of at least 4 members (excludes halogenated alkanes) is 1. The van der Waals surface area contributed by atoms with E-state index in [1.807, 2.05) is 49.0 Å². The first-order valence-corrected chi connectivity index (χ1v) is 9.12. The number of aromatic nitrogens is 3. The summed E-state index contributed by atoms with van der Waals surface area (Å²) in [4.78, 5) is 0. The molecular formula is C15H21N5O3S. The highest BCUT2D eigenvalue weighted by molar-refractivity contribution is 7.85. The number of para-hydroxylation sites is 1. The Labute approximate surface area is 141 Å². The maximum atomic E-state index is 10.6. The Morgan fingerprint density at radius 1 is 1.33 bits per heavy atom. The van der Waals surface area contributed by atoms with Crippen LogP contribution in [-0.4, -0.2) is 41.7 Å². The first-order valence-electron chi connectivity index (χ1n) is 7.54. The molecule has 0 saturated heterocycles. The van der Waals surface area contributed by atoms with E-state index in [1.54, 1.807) is 22.2 Å². The molecule has 9 heteroatoms. The predicted molar refractivity (Wildman–Crippen MR) is 89.6 cm³/mol. The number of hydrogen-bond acceptors (Lipinski definition) is 6. The van der Waals surface area contributed by atoms with Crippen LogP contribution in [0.5, 0.6) is 0 Å². The van der Waals surface area contributed by atoms with Crippen molar-refractivity contribution in [3.63, 3.8) is 0 Å². The number of rotatable bonds is 8. The van der Waals surface area contributed by atoms with E-state index in [1.165, 1.54) is 0 Å². The van der Waals surface area contributed by atoms with Crippen molar-refractivity contribution in [2.75, 3.05) is 17.8 Å². The largest absolute Gasteiger partial charge is 0.748 e. The van der Waals surface area contributed by atoms with Crippen LogP contribution < -0.4 is 9.69 Å². The zero-order chi connectivity index (χ0) is 17.6. The Morgan fingerprint density at radius 3 is 2.71 bits per heavy atom. The standard InChI is InChI=1S/C15H21N5O3S/c1-18-13-17-20(10-6-7-11-24(21,22)23)15(18)12-16-19(2)14-8-4-3-5-9-14/h3-5,8-9,12-13H,6-7,10-11H2,1-2H3. The van der Waals surface area contributed by atoms with Crippen LogP contribution in [-0.2, 0) is 23.7 Å². The van der Waals surface area contributed by atoms with Crippen molar-refractivity contribution in [2.45, 2.75) is 19.4 Å². The summed E-state index contributed by atoms with van der Waals surface area (Å²) < 4.78 is 35.4. The molecule has 0 amide bonds. The SMILES string of the molecule is CN(/N=C/c1n(C)cn[n+]1CCCCS(=O)(=O)[O-])c1ccccc1. The van der Waals surface area contributed by atoms with Gasteiger partial charge in [0, 0.05) is 12.8 Å². The fourth-order valence-electron chi connectivity index (χ4n) is 2.16. The van der Waals surface area contributed by atoms with Gasteiger partial charge in [0.05, 0.1) is 22.9 Å². The van der Waals surface area contributed by atoms with E-state index in [9.17, 15) is 13.0 Å². The van der Waals surface area contributed by atoms with Crippen LogP contribution in [0.1, 0.15) is 18.7 Å². The highest BCUT2D eigenvalue weighted by Gasteiger charge is 2.14. The average molecular weight is 351 g/mol. The summed E-state index contributed by atoms with van der Waals surface area (Å²) >= 11 is 0. The van der Waals surface area contributed by atoms with E-state index in [-0.39, 0.29) is 5.75 Å². The molecule has 0 spiro atoms. The molecule has 130 valence electrons. The number of nitrogens with zero attached hydrogens (tertiary/aromatic N) is 5. The summed E-state index contributed by atoms with van der Waals surface area (Å²) in [5.74, 6) is 0.434. The molecule has 1 heterocycles. The van der Waals surface area contributed by atoms with Gasteiger partial charge in [0.1, 0.15) is 12.8 Å².